The second-order valence-electron chi connectivity index (χ2n) is 12.3. The number of carboxylic acid groups (broad SMARTS) is 1. The van der Waals surface area contributed by atoms with Crippen molar-refractivity contribution < 1.29 is 36.2 Å². The average Bonchev–Trinajstić information content (AvgIpc) is 3.63. The number of nitrogens with zero attached hydrogens (tertiary/aromatic N) is 4. The van der Waals surface area contributed by atoms with Gasteiger partial charge >= 0.3 is 18.3 Å². The summed E-state index contributed by atoms with van der Waals surface area (Å²) in [5, 5.41) is 13.9. The van der Waals surface area contributed by atoms with Gasteiger partial charge < -0.3 is 14.9 Å². The van der Waals surface area contributed by atoms with E-state index in [0.29, 0.717) is 31.1 Å². The molecule has 0 spiro atoms. The van der Waals surface area contributed by atoms with Crippen molar-refractivity contribution in [1.29, 1.82) is 0 Å². The maximum Gasteiger partial charge on any atom is 0.416 e. The Balaban J connectivity index is 0.00000480. The van der Waals surface area contributed by atoms with Crippen LogP contribution in [0.2, 0.25) is 0 Å². The molecule has 13 heteroatoms. The molecule has 46 heavy (non-hydrogen) atoms. The van der Waals surface area contributed by atoms with Crippen molar-refractivity contribution in [3.63, 3.8) is 0 Å². The van der Waals surface area contributed by atoms with E-state index >= 15 is 0 Å². The predicted octanol–water partition coefficient (Wildman–Crippen LogP) is 8.29. The number of alkyl halides is 6. The van der Waals surface area contributed by atoms with E-state index in [4.69, 9.17) is 0 Å². The number of aryl methyl sites for hydroxylation is 3. The van der Waals surface area contributed by atoms with Crippen LogP contribution in [0.15, 0.2) is 42.6 Å². The van der Waals surface area contributed by atoms with Crippen LogP contribution in [0.5, 0.6) is 0 Å². The Morgan fingerprint density at radius 2 is 1.52 bits per heavy atom. The fourth-order valence-electron chi connectivity index (χ4n) is 6.71. The van der Waals surface area contributed by atoms with Gasteiger partial charge in [-0.15, -0.1) is 12.4 Å². The average molecular weight is 673 g/mol. The largest absolute Gasteiger partial charge is 0.481 e. The summed E-state index contributed by atoms with van der Waals surface area (Å²) < 4.78 is 83.6. The monoisotopic (exact) mass is 672 g/mol. The number of halogens is 7. The summed E-state index contributed by atoms with van der Waals surface area (Å²) in [6.07, 6.45) is -2.44. The first-order chi connectivity index (χ1) is 21.2. The molecule has 2 aromatic carbocycles. The summed E-state index contributed by atoms with van der Waals surface area (Å²) in [5.74, 6) is -0.309. The summed E-state index contributed by atoms with van der Waals surface area (Å²) in [5.41, 5.74) is 1.55. The Hall–Kier alpha value is -3.41. The number of rotatable bonds is 10. The minimum atomic E-state index is -4.94. The predicted molar refractivity (Wildman–Crippen MR) is 166 cm³/mol. The van der Waals surface area contributed by atoms with Gasteiger partial charge in [0.05, 0.1) is 17.0 Å². The van der Waals surface area contributed by atoms with E-state index in [-0.39, 0.29) is 43.0 Å². The van der Waals surface area contributed by atoms with E-state index in [0.717, 1.165) is 62.0 Å². The number of carboxylic acids is 1. The first-order valence-corrected chi connectivity index (χ1v) is 15.4. The lowest BCUT2D eigenvalue weighted by Gasteiger charge is -2.34. The van der Waals surface area contributed by atoms with Gasteiger partial charge in [-0.3, -0.25) is 9.48 Å². The molecule has 252 valence electrons. The molecule has 0 amide bonds. The SMILES string of the molecule is CCN(CC1CCC(C(=O)O)CC1)c1cc2c(cc1CN(Cc1cc(C(F)(F)F)cc(C(F)(F)F)c1)c1ccn(C)n1)CCC2.Cl. The highest BCUT2D eigenvalue weighted by Crippen LogP contribution is 2.38. The highest BCUT2D eigenvalue weighted by molar-refractivity contribution is 5.85. The Morgan fingerprint density at radius 1 is 0.913 bits per heavy atom. The van der Waals surface area contributed by atoms with Crippen LogP contribution < -0.4 is 9.80 Å². The molecule has 0 radical (unpaired) electrons. The van der Waals surface area contributed by atoms with Crippen LogP contribution in [0, 0.1) is 11.8 Å². The third-order valence-corrected chi connectivity index (χ3v) is 9.10. The van der Waals surface area contributed by atoms with Crippen molar-refractivity contribution in [2.45, 2.75) is 77.3 Å². The molecule has 1 saturated carbocycles. The molecule has 2 aliphatic carbocycles. The van der Waals surface area contributed by atoms with Crippen LogP contribution in [0.4, 0.5) is 37.8 Å². The minimum Gasteiger partial charge on any atom is -0.481 e. The van der Waals surface area contributed by atoms with E-state index < -0.39 is 29.4 Å². The number of aromatic nitrogens is 2. The van der Waals surface area contributed by atoms with Crippen LogP contribution in [0.1, 0.15) is 72.4 Å². The number of aliphatic carboxylic acids is 1. The van der Waals surface area contributed by atoms with Crippen molar-refractivity contribution >= 4 is 29.9 Å². The summed E-state index contributed by atoms with van der Waals surface area (Å²) >= 11 is 0. The Bertz CT molecular complexity index is 1480. The van der Waals surface area contributed by atoms with Crippen LogP contribution in [0.25, 0.3) is 0 Å². The van der Waals surface area contributed by atoms with Crippen molar-refractivity contribution in [1.82, 2.24) is 9.78 Å². The van der Waals surface area contributed by atoms with Crippen molar-refractivity contribution in [2.75, 3.05) is 22.9 Å². The summed E-state index contributed by atoms with van der Waals surface area (Å²) in [4.78, 5) is 15.5. The zero-order valence-electron chi connectivity index (χ0n) is 25.8. The van der Waals surface area contributed by atoms with Gasteiger partial charge in [-0.2, -0.15) is 31.4 Å². The van der Waals surface area contributed by atoms with Gasteiger partial charge in [0.1, 0.15) is 0 Å². The van der Waals surface area contributed by atoms with Crippen molar-refractivity contribution in [3.8, 4) is 0 Å². The molecule has 0 aliphatic heterocycles. The topological polar surface area (TPSA) is 61.6 Å². The van der Waals surface area contributed by atoms with Crippen LogP contribution in [-0.2, 0) is 50.1 Å². The van der Waals surface area contributed by atoms with Crippen LogP contribution in [0.3, 0.4) is 0 Å². The molecule has 3 aromatic rings. The lowest BCUT2D eigenvalue weighted by atomic mass is 9.81. The van der Waals surface area contributed by atoms with Gasteiger partial charge in [0.25, 0.3) is 0 Å². The second kappa shape index (κ2) is 14.1. The van der Waals surface area contributed by atoms with Gasteiger partial charge in [0.15, 0.2) is 5.82 Å². The van der Waals surface area contributed by atoms with Gasteiger partial charge in [0.2, 0.25) is 0 Å². The van der Waals surface area contributed by atoms with Gasteiger partial charge in [0, 0.05) is 51.2 Å². The summed E-state index contributed by atoms with van der Waals surface area (Å²) in [6, 6.07) is 7.72. The van der Waals surface area contributed by atoms with Crippen molar-refractivity contribution in [3.05, 3.63) is 76.0 Å². The Kier molecular flexibility index (Phi) is 10.9. The molecule has 0 bridgehead atoms. The standard InChI is InChI=1S/C33H38F6N4O2.ClH/c1-3-42(18-21-7-9-23(10-8-21)31(44)45)29-16-25-6-4-5-24(25)15-26(29)20-43(30-11-12-41(2)40-30)19-22-13-27(32(34,35)36)17-28(14-22)33(37,38)39;/h11-17,21,23H,3-10,18-20H2,1-2H3,(H,44,45);1H. The van der Waals surface area contributed by atoms with Gasteiger partial charge in [-0.25, -0.2) is 0 Å². The molecular formula is C33H39ClF6N4O2. The molecule has 0 saturated heterocycles. The molecule has 0 unspecified atom stereocenters. The highest BCUT2D eigenvalue weighted by atomic mass is 35.5. The van der Waals surface area contributed by atoms with Crippen LogP contribution in [-0.4, -0.2) is 33.9 Å². The first kappa shape index (κ1) is 35.4. The van der Waals surface area contributed by atoms with Crippen molar-refractivity contribution in [2.24, 2.45) is 18.9 Å². The van der Waals surface area contributed by atoms with Gasteiger partial charge in [-0.05, 0) is 104 Å². The number of hydrogen-bond donors (Lipinski definition) is 1. The zero-order chi connectivity index (χ0) is 32.5. The molecule has 0 atom stereocenters. The van der Waals surface area contributed by atoms with E-state index in [1.165, 1.54) is 11.1 Å². The molecule has 1 fully saturated rings. The quantitative estimate of drug-likeness (QED) is 0.220. The number of hydrogen-bond acceptors (Lipinski definition) is 4. The number of fused-ring (bicyclic) bond motifs is 1. The fraction of sp³-hybridized carbons (Fsp3) is 0.515. The molecule has 1 N–H and O–H groups in total. The second-order valence-corrected chi connectivity index (χ2v) is 12.3. The Morgan fingerprint density at radius 3 is 2.04 bits per heavy atom. The minimum absolute atomic E-state index is 0. The maximum absolute atomic E-state index is 13.7. The molecule has 2 aliphatic rings. The van der Waals surface area contributed by atoms with Gasteiger partial charge in [-0.1, -0.05) is 6.07 Å². The number of carbonyl (C=O) groups is 1. The normalized spacial score (nSPS) is 18.2. The lowest BCUT2D eigenvalue weighted by Crippen LogP contribution is -2.34. The third-order valence-electron chi connectivity index (χ3n) is 9.10. The van der Waals surface area contributed by atoms with Crippen LogP contribution >= 0.6 is 12.4 Å². The maximum atomic E-state index is 13.7. The van der Waals surface area contributed by atoms with E-state index in [9.17, 15) is 36.2 Å². The van der Waals surface area contributed by atoms with E-state index in [1.54, 1.807) is 28.9 Å². The third kappa shape index (κ3) is 8.29. The van der Waals surface area contributed by atoms with E-state index in [2.05, 4.69) is 29.1 Å². The summed E-state index contributed by atoms with van der Waals surface area (Å²) in [6.45, 7) is 3.49. The molecular weight excluding hydrogens is 634 g/mol. The highest BCUT2D eigenvalue weighted by Gasteiger charge is 2.37. The number of anilines is 2. The Labute approximate surface area is 270 Å². The molecule has 1 heterocycles. The first-order valence-electron chi connectivity index (χ1n) is 15.4. The smallest absolute Gasteiger partial charge is 0.416 e. The lowest BCUT2D eigenvalue weighted by molar-refractivity contribution is -0.144. The molecule has 6 nitrogen and oxygen atoms in total. The molecule has 5 rings (SSSR count). The molecule has 1 aromatic heterocycles. The number of benzene rings is 2. The summed E-state index contributed by atoms with van der Waals surface area (Å²) in [7, 11) is 1.70. The van der Waals surface area contributed by atoms with E-state index in [1.807, 2.05) is 0 Å². The fourth-order valence-corrected chi connectivity index (χ4v) is 6.71. The zero-order valence-corrected chi connectivity index (χ0v) is 26.6.